The molecular weight excluding hydrogens is 426 g/mol. The van der Waals surface area contributed by atoms with E-state index in [1.807, 2.05) is 36.4 Å². The maximum atomic E-state index is 11.8. The minimum Gasteiger partial charge on any atom is -0.494 e. The predicted molar refractivity (Wildman–Crippen MR) is 135 cm³/mol. The highest BCUT2D eigenvalue weighted by atomic mass is 16.5. The van der Waals surface area contributed by atoms with Crippen LogP contribution in [0.25, 0.3) is 0 Å². The lowest BCUT2D eigenvalue weighted by molar-refractivity contribution is -0.121. The molecule has 0 aliphatic carbocycles. The first-order valence-corrected chi connectivity index (χ1v) is 12.5. The maximum absolute atomic E-state index is 11.8. The van der Waals surface area contributed by atoms with Gasteiger partial charge in [-0.1, -0.05) is 70.4 Å². The summed E-state index contributed by atoms with van der Waals surface area (Å²) >= 11 is 0. The summed E-state index contributed by atoms with van der Waals surface area (Å²) in [5, 5.41) is 8.53. The summed E-state index contributed by atoms with van der Waals surface area (Å²) in [4.78, 5) is 24.9. The van der Waals surface area contributed by atoms with Crippen LogP contribution < -0.4 is 9.64 Å². The Hall–Kier alpha value is -3.02. The number of carbonyl (C=O) groups is 2. The Bertz CT molecular complexity index is 907. The van der Waals surface area contributed by atoms with Crippen molar-refractivity contribution in [1.29, 1.82) is 0 Å². The fourth-order valence-electron chi connectivity index (χ4n) is 3.95. The summed E-state index contributed by atoms with van der Waals surface area (Å²) in [6.45, 7) is 5.05. The van der Waals surface area contributed by atoms with Gasteiger partial charge < -0.3 is 4.74 Å². The molecule has 2 aromatic rings. The van der Waals surface area contributed by atoms with Crippen molar-refractivity contribution < 1.29 is 14.3 Å². The van der Waals surface area contributed by atoms with Crippen LogP contribution in [0, 0.1) is 6.92 Å². The average Bonchev–Trinajstić information content (AvgIpc) is 3.19. The van der Waals surface area contributed by atoms with E-state index in [0.29, 0.717) is 12.2 Å². The van der Waals surface area contributed by atoms with Gasteiger partial charge in [0.05, 0.1) is 24.5 Å². The van der Waals surface area contributed by atoms with E-state index in [2.05, 4.69) is 17.2 Å². The van der Waals surface area contributed by atoms with Crippen LogP contribution in [0.2, 0.25) is 0 Å². The van der Waals surface area contributed by atoms with Gasteiger partial charge in [-0.05, 0) is 48.4 Å². The zero-order valence-corrected chi connectivity index (χ0v) is 20.1. The molecule has 0 N–H and O–H groups in total. The minimum atomic E-state index is -0.142. The summed E-state index contributed by atoms with van der Waals surface area (Å²) in [5.74, 6) is 0.571. The van der Waals surface area contributed by atoms with Crippen LogP contribution in [0.3, 0.4) is 0 Å². The van der Waals surface area contributed by atoms with Crippen LogP contribution in [0.1, 0.15) is 76.2 Å². The molecule has 2 amide bonds. The molecule has 181 valence electrons. The van der Waals surface area contributed by atoms with Gasteiger partial charge in [0.15, 0.2) is 0 Å². The first-order chi connectivity index (χ1) is 16.7. The van der Waals surface area contributed by atoms with Crippen molar-refractivity contribution in [2.75, 3.05) is 11.5 Å². The number of unbranched alkanes of at least 4 members (excludes halogenated alkanes) is 8. The normalized spacial score (nSPS) is 13.9. The highest BCUT2D eigenvalue weighted by molar-refractivity contribution is 6.19. The summed E-state index contributed by atoms with van der Waals surface area (Å²) in [6, 6.07) is 15.0. The lowest BCUT2D eigenvalue weighted by Gasteiger charge is -2.13. The molecule has 0 atom stereocenters. The second-order valence-corrected chi connectivity index (χ2v) is 8.71. The highest BCUT2D eigenvalue weighted by Crippen LogP contribution is 2.23. The summed E-state index contributed by atoms with van der Waals surface area (Å²) in [6.07, 6.45) is 11.8. The number of ether oxygens (including phenoxy) is 1. The molecule has 0 unspecified atom stereocenters. The maximum Gasteiger partial charge on any atom is 0.234 e. The third-order valence-electron chi connectivity index (χ3n) is 5.94. The van der Waals surface area contributed by atoms with E-state index >= 15 is 0 Å². The van der Waals surface area contributed by atoms with Crippen molar-refractivity contribution in [3.05, 3.63) is 61.0 Å². The third-order valence-corrected chi connectivity index (χ3v) is 5.94. The van der Waals surface area contributed by atoms with Crippen molar-refractivity contribution in [1.82, 2.24) is 0 Å². The van der Waals surface area contributed by atoms with Crippen molar-refractivity contribution in [3.8, 4) is 5.75 Å². The Morgan fingerprint density at radius 3 is 1.97 bits per heavy atom. The Kier molecular flexibility index (Phi) is 10.8. The third kappa shape index (κ3) is 8.40. The Morgan fingerprint density at radius 1 is 0.765 bits per heavy atom. The quantitative estimate of drug-likeness (QED) is 0.158. The Morgan fingerprint density at radius 2 is 1.35 bits per heavy atom. The fraction of sp³-hybridized carbons (Fsp3) is 0.464. The number of imide groups is 1. The van der Waals surface area contributed by atoms with E-state index in [-0.39, 0.29) is 24.7 Å². The summed E-state index contributed by atoms with van der Waals surface area (Å²) in [7, 11) is 0. The molecule has 6 heteroatoms. The molecule has 0 spiro atoms. The summed E-state index contributed by atoms with van der Waals surface area (Å²) < 4.78 is 5.83. The van der Waals surface area contributed by atoms with Crippen molar-refractivity contribution in [3.63, 3.8) is 0 Å². The van der Waals surface area contributed by atoms with Crippen molar-refractivity contribution in [2.24, 2.45) is 10.2 Å². The molecule has 1 heterocycles. The van der Waals surface area contributed by atoms with Gasteiger partial charge in [0, 0.05) is 12.8 Å². The molecule has 6 nitrogen and oxygen atoms in total. The number of hydrogen-bond donors (Lipinski definition) is 0. The SMILES string of the molecule is [CH2]CCCCCCCCCCOc1ccc(N=NCc2ccc(N3C(=O)CCC3=O)cc2)cc1. The lowest BCUT2D eigenvalue weighted by Crippen LogP contribution is -2.28. The van der Waals surface area contributed by atoms with E-state index in [9.17, 15) is 9.59 Å². The van der Waals surface area contributed by atoms with Crippen LogP contribution in [-0.4, -0.2) is 18.4 Å². The Balaban J connectivity index is 1.32. The van der Waals surface area contributed by atoms with Crippen molar-refractivity contribution in [2.45, 2.75) is 77.2 Å². The van der Waals surface area contributed by atoms with Crippen molar-refractivity contribution >= 4 is 23.2 Å². The van der Waals surface area contributed by atoms with Gasteiger partial charge in [-0.3, -0.25) is 14.5 Å². The van der Waals surface area contributed by atoms with Gasteiger partial charge >= 0.3 is 0 Å². The zero-order chi connectivity index (χ0) is 24.0. The van der Waals surface area contributed by atoms with Gasteiger partial charge in [-0.15, -0.1) is 0 Å². The topological polar surface area (TPSA) is 71.3 Å². The number of anilines is 1. The second-order valence-electron chi connectivity index (χ2n) is 8.71. The van der Waals surface area contributed by atoms with Gasteiger partial charge in [0.2, 0.25) is 11.8 Å². The van der Waals surface area contributed by atoms with Gasteiger partial charge in [0.25, 0.3) is 0 Å². The molecule has 3 rings (SSSR count). The second kappa shape index (κ2) is 14.3. The molecule has 34 heavy (non-hydrogen) atoms. The molecule has 2 aromatic carbocycles. The smallest absolute Gasteiger partial charge is 0.234 e. The van der Waals surface area contributed by atoms with E-state index in [4.69, 9.17) is 4.74 Å². The molecule has 1 radical (unpaired) electrons. The van der Waals surface area contributed by atoms with E-state index in [1.165, 1.54) is 49.8 Å². The standard InChI is InChI=1S/C28H36N3O3/c1-2-3-4-5-6-7-8-9-10-21-34-26-17-13-24(14-18-26)30-29-22-23-11-15-25(16-12-23)31-27(32)19-20-28(31)33/h11-18H,1-10,19-22H2. The van der Waals surface area contributed by atoms with Crippen LogP contribution in [0.4, 0.5) is 11.4 Å². The molecule has 1 aliphatic rings. The molecule has 1 fully saturated rings. The number of benzene rings is 2. The summed E-state index contributed by atoms with van der Waals surface area (Å²) in [5.41, 5.74) is 2.35. The lowest BCUT2D eigenvalue weighted by atomic mass is 10.1. The Labute approximate surface area is 203 Å². The number of nitrogens with zero attached hydrogens (tertiary/aromatic N) is 3. The van der Waals surface area contributed by atoms with Crippen LogP contribution in [0.15, 0.2) is 58.8 Å². The fourth-order valence-corrected chi connectivity index (χ4v) is 3.95. The highest BCUT2D eigenvalue weighted by Gasteiger charge is 2.29. The molecule has 0 aromatic heterocycles. The van der Waals surface area contributed by atoms with Crippen LogP contribution in [-0.2, 0) is 16.1 Å². The molecule has 0 bridgehead atoms. The first-order valence-electron chi connectivity index (χ1n) is 12.5. The predicted octanol–water partition coefficient (Wildman–Crippen LogP) is 7.35. The number of hydrogen-bond acceptors (Lipinski definition) is 5. The zero-order valence-electron chi connectivity index (χ0n) is 20.1. The number of carbonyl (C=O) groups excluding carboxylic acids is 2. The first kappa shape index (κ1) is 25.6. The average molecular weight is 463 g/mol. The van der Waals surface area contributed by atoms with E-state index < -0.39 is 0 Å². The monoisotopic (exact) mass is 462 g/mol. The van der Waals surface area contributed by atoms with Gasteiger partial charge in [0.1, 0.15) is 5.75 Å². The molecule has 1 saturated heterocycles. The number of amides is 2. The largest absolute Gasteiger partial charge is 0.494 e. The van der Waals surface area contributed by atoms with E-state index in [0.717, 1.165) is 36.4 Å². The van der Waals surface area contributed by atoms with Gasteiger partial charge in [-0.2, -0.15) is 10.2 Å². The number of azo groups is 1. The molecule has 1 aliphatic heterocycles. The van der Waals surface area contributed by atoms with Crippen LogP contribution >= 0.6 is 0 Å². The van der Waals surface area contributed by atoms with Crippen LogP contribution in [0.5, 0.6) is 5.75 Å². The number of rotatable bonds is 15. The molecule has 0 saturated carbocycles. The van der Waals surface area contributed by atoms with Gasteiger partial charge in [-0.25, -0.2) is 0 Å². The van der Waals surface area contributed by atoms with E-state index in [1.54, 1.807) is 12.1 Å². The minimum absolute atomic E-state index is 0.142. The molecular formula is C28H36N3O3.